The molecule has 5 rings (SSSR count). The Morgan fingerprint density at radius 2 is 1.77 bits per heavy atom. The largest absolute Gasteiger partial charge is 0.522 e. The number of ether oxygens (including phenoxy) is 1. The highest BCUT2D eigenvalue weighted by Crippen LogP contribution is 2.48. The molecule has 39 heavy (non-hydrogen) atoms. The van der Waals surface area contributed by atoms with Gasteiger partial charge < -0.3 is 14.4 Å². The van der Waals surface area contributed by atoms with E-state index in [1.807, 2.05) is 44.3 Å². The Bertz CT molecular complexity index is 1390. The predicted molar refractivity (Wildman–Crippen MR) is 153 cm³/mol. The van der Waals surface area contributed by atoms with Crippen LogP contribution in [0.4, 0.5) is 14.9 Å². The second-order valence-corrected chi connectivity index (χ2v) is 11.7. The van der Waals surface area contributed by atoms with E-state index >= 15 is 0 Å². The number of carbonyl (C=O) groups is 2. The van der Waals surface area contributed by atoms with Crippen molar-refractivity contribution in [3.05, 3.63) is 98.8 Å². The van der Waals surface area contributed by atoms with Crippen molar-refractivity contribution in [2.45, 2.75) is 44.2 Å². The first kappa shape index (κ1) is 27.8. The van der Waals surface area contributed by atoms with Crippen LogP contribution in [0.15, 0.2) is 60.7 Å². The second kappa shape index (κ2) is 11.0. The SMILES string of the molecule is Cc1ccc(C[N+]2(C)C(=O)OC3(CCN(CCC(C=O)c4ccc(Cl)c(Cl)c4)CC3)c3cc(F)ccc32)cc1. The number of hydrogen-bond acceptors (Lipinski definition) is 4. The Labute approximate surface area is 238 Å². The fourth-order valence-corrected chi connectivity index (χ4v) is 6.13. The van der Waals surface area contributed by atoms with Crippen molar-refractivity contribution in [1.82, 2.24) is 9.38 Å². The predicted octanol–water partition coefficient (Wildman–Crippen LogP) is 7.39. The summed E-state index contributed by atoms with van der Waals surface area (Å²) in [7, 11) is 1.84. The first-order chi connectivity index (χ1) is 18.6. The number of amides is 1. The standard InChI is InChI=1S/C31H32Cl2FN2O3/c1-21-3-5-22(6-4-21)19-36(2)29-10-8-25(34)18-26(29)31(39-30(36)38)12-15-35(16-13-31)14-11-24(20-37)23-7-9-27(32)28(33)17-23/h3-10,17-18,20,24H,11-16,19H2,1-2H3/q+1. The van der Waals surface area contributed by atoms with Gasteiger partial charge in [0.2, 0.25) is 0 Å². The van der Waals surface area contributed by atoms with Crippen LogP contribution in [-0.2, 0) is 21.7 Å². The van der Waals surface area contributed by atoms with Gasteiger partial charge in [0, 0.05) is 43.5 Å². The molecule has 0 aromatic heterocycles. The summed E-state index contributed by atoms with van der Waals surface area (Å²) in [6.45, 7) is 4.47. The van der Waals surface area contributed by atoms with E-state index in [1.165, 1.54) is 12.1 Å². The molecule has 2 aliphatic rings. The summed E-state index contributed by atoms with van der Waals surface area (Å²) in [5.74, 6) is -0.636. The first-order valence-corrected chi connectivity index (χ1v) is 14.0. The average Bonchev–Trinajstić information content (AvgIpc) is 2.92. The summed E-state index contributed by atoms with van der Waals surface area (Å²) < 4.78 is 20.8. The average molecular weight is 571 g/mol. The van der Waals surface area contributed by atoms with Gasteiger partial charge in [-0.25, -0.2) is 4.39 Å². The molecule has 0 aliphatic carbocycles. The molecule has 5 nitrogen and oxygen atoms in total. The molecular weight excluding hydrogens is 538 g/mol. The minimum absolute atomic E-state index is 0.0746. The lowest BCUT2D eigenvalue weighted by Gasteiger charge is -2.47. The van der Waals surface area contributed by atoms with E-state index < -0.39 is 5.60 Å². The number of quaternary nitrogens is 1. The molecule has 1 amide bonds. The van der Waals surface area contributed by atoms with Crippen LogP contribution in [0.25, 0.3) is 0 Å². The fourth-order valence-electron chi connectivity index (χ4n) is 5.82. The summed E-state index contributed by atoms with van der Waals surface area (Å²) in [5.41, 5.74) is 3.65. The van der Waals surface area contributed by atoms with Crippen LogP contribution in [-0.4, -0.2) is 44.0 Å². The van der Waals surface area contributed by atoms with Gasteiger partial charge in [-0.3, -0.25) is 0 Å². The number of halogens is 3. The Kier molecular flexibility index (Phi) is 7.84. The summed E-state index contributed by atoms with van der Waals surface area (Å²) in [5, 5.41) is 0.887. The van der Waals surface area contributed by atoms with Crippen LogP contribution in [0.5, 0.6) is 0 Å². The first-order valence-electron chi connectivity index (χ1n) is 13.2. The molecule has 2 heterocycles. The lowest BCUT2D eigenvalue weighted by molar-refractivity contribution is -0.109. The third kappa shape index (κ3) is 5.48. The third-order valence-corrected chi connectivity index (χ3v) is 8.98. The van der Waals surface area contributed by atoms with Gasteiger partial charge >= 0.3 is 6.09 Å². The number of aryl methyl sites for hydroxylation is 1. The lowest BCUT2D eigenvalue weighted by Crippen LogP contribution is -2.59. The van der Waals surface area contributed by atoms with Crippen molar-refractivity contribution in [3.8, 4) is 0 Å². The van der Waals surface area contributed by atoms with Crippen LogP contribution >= 0.6 is 23.2 Å². The van der Waals surface area contributed by atoms with Gasteiger partial charge in [0.05, 0.1) is 22.7 Å². The molecule has 2 unspecified atom stereocenters. The minimum Gasteiger partial charge on any atom is -0.408 e. The van der Waals surface area contributed by atoms with Gasteiger partial charge in [-0.2, -0.15) is 9.28 Å². The number of carbonyl (C=O) groups excluding carboxylic acids is 2. The van der Waals surface area contributed by atoms with Crippen molar-refractivity contribution < 1.29 is 18.7 Å². The number of piperidine rings is 1. The van der Waals surface area contributed by atoms with Crippen LogP contribution in [0.3, 0.4) is 0 Å². The third-order valence-electron chi connectivity index (χ3n) is 8.24. The molecule has 0 saturated carbocycles. The number of fused-ring (bicyclic) bond motifs is 2. The normalized spacial score (nSPS) is 21.3. The Balaban J connectivity index is 1.33. The molecule has 204 valence electrons. The van der Waals surface area contributed by atoms with Gasteiger partial charge in [-0.1, -0.05) is 59.1 Å². The number of hydrogen-bond donors (Lipinski definition) is 0. The zero-order chi connectivity index (χ0) is 27.8. The van der Waals surface area contributed by atoms with Crippen molar-refractivity contribution in [2.75, 3.05) is 26.7 Å². The maximum absolute atomic E-state index is 14.6. The number of aldehydes is 1. The summed E-state index contributed by atoms with van der Waals surface area (Å²) in [4.78, 5) is 27.7. The van der Waals surface area contributed by atoms with Gasteiger partial charge in [-0.05, 0) is 49.7 Å². The van der Waals surface area contributed by atoms with E-state index in [2.05, 4.69) is 4.90 Å². The van der Waals surface area contributed by atoms with E-state index in [1.54, 1.807) is 18.2 Å². The van der Waals surface area contributed by atoms with Crippen LogP contribution < -0.4 is 4.48 Å². The molecule has 0 bridgehead atoms. The van der Waals surface area contributed by atoms with Crippen molar-refractivity contribution >= 4 is 41.3 Å². The van der Waals surface area contributed by atoms with Crippen molar-refractivity contribution in [3.63, 3.8) is 0 Å². The highest BCUT2D eigenvalue weighted by Gasteiger charge is 2.54. The molecule has 8 heteroatoms. The van der Waals surface area contributed by atoms with Gasteiger partial charge in [-0.15, -0.1) is 0 Å². The zero-order valence-corrected chi connectivity index (χ0v) is 23.6. The topological polar surface area (TPSA) is 46.6 Å². The Morgan fingerprint density at radius 1 is 1.05 bits per heavy atom. The highest BCUT2D eigenvalue weighted by molar-refractivity contribution is 6.42. The number of nitrogens with zero attached hydrogens (tertiary/aromatic N) is 2. The molecule has 1 saturated heterocycles. The van der Waals surface area contributed by atoms with E-state index in [0.29, 0.717) is 55.5 Å². The highest BCUT2D eigenvalue weighted by atomic mass is 35.5. The Morgan fingerprint density at radius 3 is 2.44 bits per heavy atom. The van der Waals surface area contributed by atoms with E-state index in [9.17, 15) is 14.0 Å². The smallest absolute Gasteiger partial charge is 0.408 e. The summed E-state index contributed by atoms with van der Waals surface area (Å²) in [6.07, 6.45) is 2.35. The summed E-state index contributed by atoms with van der Waals surface area (Å²) in [6, 6.07) is 18.1. The molecule has 3 aromatic carbocycles. The van der Waals surface area contributed by atoms with E-state index in [-0.39, 0.29) is 22.3 Å². The fraction of sp³-hybridized carbons (Fsp3) is 0.355. The molecular formula is C31H32Cl2FN2O3+. The van der Waals surface area contributed by atoms with Gasteiger partial charge in [0.25, 0.3) is 0 Å². The molecule has 2 atom stereocenters. The monoisotopic (exact) mass is 569 g/mol. The van der Waals surface area contributed by atoms with E-state index in [0.717, 1.165) is 34.2 Å². The second-order valence-electron chi connectivity index (χ2n) is 10.9. The minimum atomic E-state index is -0.871. The van der Waals surface area contributed by atoms with Gasteiger partial charge in [0.1, 0.15) is 18.6 Å². The molecule has 1 fully saturated rings. The zero-order valence-electron chi connectivity index (χ0n) is 22.1. The van der Waals surface area contributed by atoms with Crippen LogP contribution in [0.2, 0.25) is 10.0 Å². The van der Waals surface area contributed by atoms with E-state index in [4.69, 9.17) is 27.9 Å². The number of benzene rings is 3. The molecule has 2 aliphatic heterocycles. The molecule has 0 radical (unpaired) electrons. The van der Waals surface area contributed by atoms with Crippen molar-refractivity contribution in [1.29, 1.82) is 0 Å². The Hall–Kier alpha value is -2.77. The lowest BCUT2D eigenvalue weighted by atomic mass is 9.81. The molecule has 1 spiro atoms. The number of likely N-dealkylation sites (tertiary alicyclic amines) is 1. The van der Waals surface area contributed by atoms with Crippen LogP contribution in [0, 0.1) is 12.7 Å². The maximum Gasteiger partial charge on any atom is 0.522 e. The summed E-state index contributed by atoms with van der Waals surface area (Å²) >= 11 is 12.2. The van der Waals surface area contributed by atoms with Crippen LogP contribution in [0.1, 0.15) is 47.4 Å². The molecule has 0 N–H and O–H groups in total. The maximum atomic E-state index is 14.6. The quantitative estimate of drug-likeness (QED) is 0.220. The molecule has 3 aromatic rings. The van der Waals surface area contributed by atoms with Crippen molar-refractivity contribution in [2.24, 2.45) is 0 Å². The van der Waals surface area contributed by atoms with Gasteiger partial charge in [0.15, 0.2) is 11.3 Å². The number of rotatable bonds is 7.